The molecule has 9 nitrogen and oxygen atoms in total. The van der Waals surface area contributed by atoms with E-state index < -0.39 is 10.9 Å². The van der Waals surface area contributed by atoms with Crippen LogP contribution in [0.2, 0.25) is 0 Å². The Morgan fingerprint density at radius 3 is 2.86 bits per heavy atom. The monoisotopic (exact) mass is 304 g/mol. The number of aryl methyl sites for hydroxylation is 1. The molecule has 2 rings (SSSR count). The van der Waals surface area contributed by atoms with E-state index in [1.54, 1.807) is 6.07 Å². The van der Waals surface area contributed by atoms with Crippen molar-refractivity contribution in [1.82, 2.24) is 9.78 Å². The van der Waals surface area contributed by atoms with Crippen LogP contribution in [0, 0.1) is 15.0 Å². The first-order valence-corrected chi connectivity index (χ1v) is 6.33. The quantitative estimate of drug-likeness (QED) is 0.474. The fourth-order valence-electron chi connectivity index (χ4n) is 1.98. The van der Waals surface area contributed by atoms with Gasteiger partial charge in [0.25, 0.3) is 5.69 Å². The van der Waals surface area contributed by atoms with Gasteiger partial charge < -0.3 is 5.11 Å². The van der Waals surface area contributed by atoms with Gasteiger partial charge in [-0.2, -0.15) is 10.0 Å². The number of benzene rings is 1. The third kappa shape index (κ3) is 3.51. The molecule has 1 aromatic heterocycles. The largest absolute Gasteiger partial charge is 0.481 e. The SMILES string of the molecule is O=NCc1cn(CCC(=O)O)nc1-c1cccc([N+](=O)[O-])c1. The molecule has 114 valence electrons. The second-order valence-corrected chi connectivity index (χ2v) is 4.50. The average Bonchev–Trinajstić information content (AvgIpc) is 2.89. The van der Waals surface area contributed by atoms with Crippen molar-refractivity contribution in [3.05, 3.63) is 51.0 Å². The molecule has 22 heavy (non-hydrogen) atoms. The number of non-ortho nitro benzene ring substituents is 1. The molecular formula is C13H12N4O5. The molecule has 0 aliphatic rings. The second kappa shape index (κ2) is 6.57. The van der Waals surface area contributed by atoms with Gasteiger partial charge in [0.1, 0.15) is 6.54 Å². The number of nitroso groups, excluding NO2 is 1. The highest BCUT2D eigenvalue weighted by molar-refractivity contribution is 5.67. The number of hydrogen-bond donors (Lipinski definition) is 1. The number of carboxylic acids is 1. The number of rotatable bonds is 7. The van der Waals surface area contributed by atoms with Gasteiger partial charge in [0.15, 0.2) is 0 Å². The molecule has 0 radical (unpaired) electrons. The van der Waals surface area contributed by atoms with Gasteiger partial charge in [0.2, 0.25) is 0 Å². The highest BCUT2D eigenvalue weighted by atomic mass is 16.6. The molecule has 2 aromatic rings. The highest BCUT2D eigenvalue weighted by Gasteiger charge is 2.15. The fraction of sp³-hybridized carbons (Fsp3) is 0.231. The summed E-state index contributed by atoms with van der Waals surface area (Å²) < 4.78 is 1.39. The summed E-state index contributed by atoms with van der Waals surface area (Å²) in [5, 5.41) is 26.5. The Kier molecular flexibility index (Phi) is 4.57. The predicted molar refractivity (Wildman–Crippen MR) is 76.1 cm³/mol. The molecule has 0 saturated heterocycles. The minimum absolute atomic E-state index is 0.0948. The molecular weight excluding hydrogens is 292 g/mol. The molecule has 0 unspecified atom stereocenters. The van der Waals surface area contributed by atoms with Crippen LogP contribution in [0.5, 0.6) is 0 Å². The third-order valence-electron chi connectivity index (χ3n) is 2.96. The van der Waals surface area contributed by atoms with E-state index in [1.165, 1.54) is 29.1 Å². The van der Waals surface area contributed by atoms with Gasteiger partial charge >= 0.3 is 5.97 Å². The predicted octanol–water partition coefficient (Wildman–Crippen LogP) is 2.20. The molecule has 0 aliphatic carbocycles. The summed E-state index contributed by atoms with van der Waals surface area (Å²) in [6, 6.07) is 5.84. The lowest BCUT2D eigenvalue weighted by molar-refractivity contribution is -0.384. The molecule has 1 N–H and O–H groups in total. The Labute approximate surface area is 124 Å². The van der Waals surface area contributed by atoms with Crippen LogP contribution in [-0.4, -0.2) is 25.8 Å². The molecule has 0 fully saturated rings. The summed E-state index contributed by atoms with van der Waals surface area (Å²) in [6.45, 7) is -0.0127. The van der Waals surface area contributed by atoms with Crippen molar-refractivity contribution in [2.45, 2.75) is 19.5 Å². The van der Waals surface area contributed by atoms with Gasteiger partial charge in [-0.25, -0.2) is 0 Å². The summed E-state index contributed by atoms with van der Waals surface area (Å²) in [5.41, 5.74) is 1.25. The molecule has 1 aromatic carbocycles. The summed E-state index contributed by atoms with van der Waals surface area (Å²) in [5.74, 6) is -0.970. The number of carbonyl (C=O) groups is 1. The van der Waals surface area contributed by atoms with Crippen LogP contribution < -0.4 is 0 Å². The van der Waals surface area contributed by atoms with Crippen molar-refractivity contribution in [3.63, 3.8) is 0 Å². The van der Waals surface area contributed by atoms with Crippen LogP contribution >= 0.6 is 0 Å². The first kappa shape index (κ1) is 15.3. The lowest BCUT2D eigenvalue weighted by Crippen LogP contribution is -2.04. The first-order valence-electron chi connectivity index (χ1n) is 6.33. The number of carboxylic acid groups (broad SMARTS) is 1. The number of hydrogen-bond acceptors (Lipinski definition) is 6. The van der Waals surface area contributed by atoms with Crippen molar-refractivity contribution in [2.75, 3.05) is 0 Å². The van der Waals surface area contributed by atoms with Crippen molar-refractivity contribution in [1.29, 1.82) is 0 Å². The smallest absolute Gasteiger partial charge is 0.305 e. The highest BCUT2D eigenvalue weighted by Crippen LogP contribution is 2.26. The van der Waals surface area contributed by atoms with Gasteiger partial charge in [0.05, 0.1) is 23.6 Å². The number of nitrogens with zero attached hydrogens (tertiary/aromatic N) is 4. The van der Waals surface area contributed by atoms with Crippen LogP contribution in [0.15, 0.2) is 35.6 Å². The van der Waals surface area contributed by atoms with E-state index in [0.29, 0.717) is 16.8 Å². The van der Waals surface area contributed by atoms with E-state index in [0.717, 1.165) is 0 Å². The fourth-order valence-corrected chi connectivity index (χ4v) is 1.98. The maximum Gasteiger partial charge on any atom is 0.305 e. The molecule has 0 bridgehead atoms. The standard InChI is InChI=1S/C13H12N4O5/c18-12(19)4-5-16-8-10(7-14-20)13(15-16)9-2-1-3-11(6-9)17(21)22/h1-3,6,8H,4-5,7H2,(H,18,19). The zero-order valence-electron chi connectivity index (χ0n) is 11.4. The molecule has 0 aliphatic heterocycles. The Bertz CT molecular complexity index is 725. The van der Waals surface area contributed by atoms with Crippen LogP contribution in [-0.2, 0) is 17.9 Å². The molecule has 9 heteroatoms. The second-order valence-electron chi connectivity index (χ2n) is 4.50. The van der Waals surface area contributed by atoms with Gasteiger partial charge in [-0.3, -0.25) is 19.6 Å². The zero-order valence-corrected chi connectivity index (χ0v) is 11.4. The zero-order chi connectivity index (χ0) is 16.1. The maximum absolute atomic E-state index is 10.8. The van der Waals surface area contributed by atoms with E-state index in [1.807, 2.05) is 0 Å². The lowest BCUT2D eigenvalue weighted by atomic mass is 10.1. The molecule has 0 saturated carbocycles. The summed E-state index contributed by atoms with van der Waals surface area (Å²) in [7, 11) is 0. The number of aromatic nitrogens is 2. The van der Waals surface area contributed by atoms with E-state index in [4.69, 9.17) is 5.11 Å². The number of nitro groups is 1. The van der Waals surface area contributed by atoms with Crippen LogP contribution in [0.3, 0.4) is 0 Å². The van der Waals surface area contributed by atoms with Gasteiger partial charge in [-0.1, -0.05) is 17.3 Å². The van der Waals surface area contributed by atoms with Crippen molar-refractivity contribution in [3.8, 4) is 11.3 Å². The summed E-state index contributed by atoms with van der Waals surface area (Å²) in [4.78, 5) is 31.4. The van der Waals surface area contributed by atoms with Crippen LogP contribution in [0.25, 0.3) is 11.3 Å². The van der Waals surface area contributed by atoms with E-state index >= 15 is 0 Å². The first-order chi connectivity index (χ1) is 10.5. The molecule has 1 heterocycles. The Balaban J connectivity index is 2.39. The summed E-state index contributed by atoms with van der Waals surface area (Å²) >= 11 is 0. The van der Waals surface area contributed by atoms with Crippen molar-refractivity contribution < 1.29 is 14.8 Å². The van der Waals surface area contributed by atoms with Crippen molar-refractivity contribution >= 4 is 11.7 Å². The van der Waals surface area contributed by atoms with Crippen LogP contribution in [0.4, 0.5) is 5.69 Å². The average molecular weight is 304 g/mol. The van der Waals surface area contributed by atoms with Crippen LogP contribution in [0.1, 0.15) is 12.0 Å². The minimum atomic E-state index is -0.970. The van der Waals surface area contributed by atoms with E-state index in [-0.39, 0.29) is 25.2 Å². The van der Waals surface area contributed by atoms with Gasteiger partial charge in [-0.15, -0.1) is 0 Å². The molecule has 0 spiro atoms. The van der Waals surface area contributed by atoms with E-state index in [9.17, 15) is 19.8 Å². The van der Waals surface area contributed by atoms with Gasteiger partial charge in [-0.05, 0) is 0 Å². The normalized spacial score (nSPS) is 10.4. The molecule has 0 amide bonds. The topological polar surface area (TPSA) is 128 Å². The number of aliphatic carboxylic acids is 1. The third-order valence-corrected chi connectivity index (χ3v) is 2.96. The maximum atomic E-state index is 10.8. The summed E-state index contributed by atoms with van der Waals surface area (Å²) in [6.07, 6.45) is 1.41. The van der Waals surface area contributed by atoms with Gasteiger partial charge in [0, 0.05) is 29.5 Å². The van der Waals surface area contributed by atoms with E-state index in [2.05, 4.69) is 10.3 Å². The lowest BCUT2D eigenvalue weighted by Gasteiger charge is -2.00. The Morgan fingerprint density at radius 2 is 2.23 bits per heavy atom. The minimum Gasteiger partial charge on any atom is -0.481 e. The Hall–Kier alpha value is -3.10. The Morgan fingerprint density at radius 1 is 1.45 bits per heavy atom. The molecule has 0 atom stereocenters. The van der Waals surface area contributed by atoms with Crippen molar-refractivity contribution in [2.24, 2.45) is 5.18 Å². The number of nitro benzene ring substituents is 1.